The average molecular weight is 347 g/mol. The molecule has 0 spiro atoms. The molecule has 26 heavy (non-hydrogen) atoms. The number of hydrogen-bond donors (Lipinski definition) is 1. The maximum Gasteiger partial charge on any atom is 0.142 e. The number of hydrogen-bond acceptors (Lipinski definition) is 4. The molecular weight excluding hydrogens is 322 g/mol. The zero-order valence-electron chi connectivity index (χ0n) is 15.2. The Morgan fingerprint density at radius 1 is 1.04 bits per heavy atom. The quantitative estimate of drug-likeness (QED) is 0.767. The fourth-order valence-corrected chi connectivity index (χ4v) is 3.70. The maximum atomic E-state index is 6.02. The third kappa shape index (κ3) is 3.57. The second kappa shape index (κ2) is 7.44. The number of piperidine rings is 1. The van der Waals surface area contributed by atoms with E-state index in [1.165, 1.54) is 5.56 Å². The molecule has 0 atom stereocenters. The van der Waals surface area contributed by atoms with Crippen molar-refractivity contribution in [2.45, 2.75) is 32.4 Å². The van der Waals surface area contributed by atoms with E-state index >= 15 is 0 Å². The molecule has 0 unspecified atom stereocenters. The summed E-state index contributed by atoms with van der Waals surface area (Å²) in [4.78, 5) is 2.49. The van der Waals surface area contributed by atoms with E-state index in [-0.39, 0.29) is 0 Å². The molecule has 0 saturated carbocycles. The van der Waals surface area contributed by atoms with Gasteiger partial charge in [-0.05, 0) is 50.0 Å². The first-order valence-electron chi connectivity index (χ1n) is 9.29. The molecule has 3 aromatic rings. The van der Waals surface area contributed by atoms with Gasteiger partial charge < -0.3 is 10.3 Å². The van der Waals surface area contributed by atoms with Crippen LogP contribution in [0.4, 0.5) is 0 Å². The van der Waals surface area contributed by atoms with Gasteiger partial charge in [-0.3, -0.25) is 4.90 Å². The molecule has 134 valence electrons. The second-order valence-corrected chi connectivity index (χ2v) is 7.14. The minimum atomic E-state index is 0.366. The zero-order valence-corrected chi connectivity index (χ0v) is 15.2. The molecule has 4 nitrogen and oxygen atoms in total. The van der Waals surface area contributed by atoms with Crippen LogP contribution in [-0.4, -0.2) is 29.2 Å². The summed E-state index contributed by atoms with van der Waals surface area (Å²) in [6, 6.07) is 19.3. The van der Waals surface area contributed by atoms with Gasteiger partial charge in [0.2, 0.25) is 0 Å². The van der Waals surface area contributed by atoms with E-state index in [0.717, 1.165) is 60.6 Å². The largest absolute Gasteiger partial charge is 0.360 e. The van der Waals surface area contributed by atoms with Crippen LogP contribution in [0.1, 0.15) is 24.2 Å². The van der Waals surface area contributed by atoms with Gasteiger partial charge >= 0.3 is 0 Å². The fourth-order valence-electron chi connectivity index (χ4n) is 3.70. The van der Waals surface area contributed by atoms with Crippen LogP contribution < -0.4 is 5.73 Å². The highest BCUT2D eigenvalue weighted by atomic mass is 16.5. The topological polar surface area (TPSA) is 55.3 Å². The highest BCUT2D eigenvalue weighted by Crippen LogP contribution is 2.34. The van der Waals surface area contributed by atoms with Gasteiger partial charge in [-0.1, -0.05) is 53.7 Å². The number of rotatable bonds is 4. The van der Waals surface area contributed by atoms with Crippen molar-refractivity contribution in [3.05, 3.63) is 65.9 Å². The summed E-state index contributed by atoms with van der Waals surface area (Å²) in [6.45, 7) is 5.10. The summed E-state index contributed by atoms with van der Waals surface area (Å²) in [7, 11) is 0. The Labute approximate surface area is 154 Å². The van der Waals surface area contributed by atoms with E-state index in [2.05, 4.69) is 46.5 Å². The fraction of sp³-hybridized carbons (Fsp3) is 0.318. The highest BCUT2D eigenvalue weighted by Gasteiger charge is 2.18. The van der Waals surface area contributed by atoms with Crippen molar-refractivity contribution in [3.63, 3.8) is 0 Å². The van der Waals surface area contributed by atoms with Crippen LogP contribution >= 0.6 is 0 Å². The summed E-state index contributed by atoms with van der Waals surface area (Å²) in [5.74, 6) is 0.852. The first-order valence-corrected chi connectivity index (χ1v) is 9.29. The van der Waals surface area contributed by atoms with Crippen molar-refractivity contribution in [1.29, 1.82) is 0 Å². The van der Waals surface area contributed by atoms with Gasteiger partial charge in [-0.15, -0.1) is 0 Å². The lowest BCUT2D eigenvalue weighted by Gasteiger charge is -2.30. The number of aromatic nitrogens is 1. The van der Waals surface area contributed by atoms with E-state index in [9.17, 15) is 0 Å². The third-order valence-electron chi connectivity index (χ3n) is 5.16. The van der Waals surface area contributed by atoms with Crippen molar-refractivity contribution in [3.8, 4) is 22.4 Å². The Bertz CT molecular complexity index is 864. The van der Waals surface area contributed by atoms with Crippen molar-refractivity contribution >= 4 is 0 Å². The number of nitrogens with two attached hydrogens (primary N) is 1. The van der Waals surface area contributed by atoms with E-state index in [0.29, 0.717) is 6.04 Å². The molecule has 1 saturated heterocycles. The molecule has 4 rings (SSSR count). The Balaban J connectivity index is 1.62. The van der Waals surface area contributed by atoms with Gasteiger partial charge in [-0.25, -0.2) is 0 Å². The van der Waals surface area contributed by atoms with Crippen LogP contribution in [0.2, 0.25) is 0 Å². The van der Waals surface area contributed by atoms with Crippen molar-refractivity contribution < 1.29 is 4.52 Å². The summed E-state index contributed by atoms with van der Waals surface area (Å²) in [5.41, 5.74) is 11.6. The van der Waals surface area contributed by atoms with Crippen LogP contribution in [0.3, 0.4) is 0 Å². The summed E-state index contributed by atoms with van der Waals surface area (Å²) < 4.78 is 5.53. The standard InChI is InChI=1S/C22H25N3O/c1-16-21(22(24-26-16)18-7-3-2-4-8-18)19-9-5-6-17(14-19)15-25-12-10-20(23)11-13-25/h2-9,14,20H,10-13,15,23H2,1H3. The molecule has 2 heterocycles. The minimum absolute atomic E-state index is 0.366. The van der Waals surface area contributed by atoms with Gasteiger partial charge in [0.1, 0.15) is 11.5 Å². The molecule has 0 bridgehead atoms. The van der Waals surface area contributed by atoms with Gasteiger partial charge in [0.05, 0.1) is 5.56 Å². The van der Waals surface area contributed by atoms with E-state index < -0.39 is 0 Å². The van der Waals surface area contributed by atoms with Crippen LogP contribution in [0.15, 0.2) is 59.1 Å². The normalized spacial score (nSPS) is 16.1. The molecule has 0 radical (unpaired) electrons. The van der Waals surface area contributed by atoms with Gasteiger partial charge in [-0.2, -0.15) is 0 Å². The minimum Gasteiger partial charge on any atom is -0.360 e. The van der Waals surface area contributed by atoms with Crippen LogP contribution in [0.5, 0.6) is 0 Å². The Morgan fingerprint density at radius 3 is 2.54 bits per heavy atom. The van der Waals surface area contributed by atoms with E-state index in [1.54, 1.807) is 0 Å². The molecule has 0 amide bonds. The van der Waals surface area contributed by atoms with Gasteiger partial charge in [0.15, 0.2) is 0 Å². The first-order chi connectivity index (χ1) is 12.7. The third-order valence-corrected chi connectivity index (χ3v) is 5.16. The van der Waals surface area contributed by atoms with Gasteiger partial charge in [0, 0.05) is 18.2 Å². The van der Waals surface area contributed by atoms with Gasteiger partial charge in [0.25, 0.3) is 0 Å². The second-order valence-electron chi connectivity index (χ2n) is 7.14. The summed E-state index contributed by atoms with van der Waals surface area (Å²) >= 11 is 0. The van der Waals surface area contributed by atoms with Crippen LogP contribution in [0.25, 0.3) is 22.4 Å². The van der Waals surface area contributed by atoms with Crippen molar-refractivity contribution in [2.75, 3.05) is 13.1 Å². The van der Waals surface area contributed by atoms with Crippen molar-refractivity contribution in [1.82, 2.24) is 10.1 Å². The lowest BCUT2D eigenvalue weighted by molar-refractivity contribution is 0.205. The molecular formula is C22H25N3O. The average Bonchev–Trinajstić information content (AvgIpc) is 3.06. The molecule has 1 aromatic heterocycles. The maximum absolute atomic E-state index is 6.02. The molecule has 2 N–H and O–H groups in total. The number of likely N-dealkylation sites (tertiary alicyclic amines) is 1. The summed E-state index contributed by atoms with van der Waals surface area (Å²) in [5, 5.41) is 4.32. The van der Waals surface area contributed by atoms with Crippen molar-refractivity contribution in [2.24, 2.45) is 5.73 Å². The molecule has 1 fully saturated rings. The Kier molecular flexibility index (Phi) is 4.87. The zero-order chi connectivity index (χ0) is 17.9. The SMILES string of the molecule is Cc1onc(-c2ccccc2)c1-c1cccc(CN2CCC(N)CC2)c1. The summed E-state index contributed by atoms with van der Waals surface area (Å²) in [6.07, 6.45) is 2.17. The molecule has 4 heteroatoms. The molecule has 2 aromatic carbocycles. The van der Waals surface area contributed by atoms with E-state index in [4.69, 9.17) is 10.3 Å². The highest BCUT2D eigenvalue weighted by molar-refractivity contribution is 5.82. The number of benzene rings is 2. The lowest BCUT2D eigenvalue weighted by atomic mass is 9.97. The predicted molar refractivity (Wildman–Crippen MR) is 105 cm³/mol. The number of aryl methyl sites for hydroxylation is 1. The Morgan fingerprint density at radius 2 is 1.77 bits per heavy atom. The van der Waals surface area contributed by atoms with Crippen LogP contribution in [0, 0.1) is 6.92 Å². The van der Waals surface area contributed by atoms with E-state index in [1.807, 2.05) is 25.1 Å². The molecule has 1 aliphatic heterocycles. The smallest absolute Gasteiger partial charge is 0.142 e. The van der Waals surface area contributed by atoms with Crippen LogP contribution in [-0.2, 0) is 6.54 Å². The Hall–Kier alpha value is -2.43. The first kappa shape index (κ1) is 17.0. The molecule has 0 aliphatic carbocycles. The molecule has 1 aliphatic rings. The number of nitrogens with zero attached hydrogens (tertiary/aromatic N) is 2. The lowest BCUT2D eigenvalue weighted by Crippen LogP contribution is -2.39. The monoisotopic (exact) mass is 347 g/mol. The predicted octanol–water partition coefficient (Wildman–Crippen LogP) is 4.24.